The number of nitro groups is 1. The maximum absolute atomic E-state index is 11.1. The molecule has 0 aliphatic rings. The van der Waals surface area contributed by atoms with Gasteiger partial charge in [0.05, 0.1) is 4.92 Å². The van der Waals surface area contributed by atoms with Crippen molar-refractivity contribution in [2.24, 2.45) is 5.84 Å². The number of nitrogens with one attached hydrogen (secondary N) is 2. The second-order valence-corrected chi connectivity index (χ2v) is 4.28. The molecule has 0 saturated carbocycles. The lowest BCUT2D eigenvalue weighted by atomic mass is 10.3. The van der Waals surface area contributed by atoms with Gasteiger partial charge in [-0.3, -0.25) is 20.2 Å². The van der Waals surface area contributed by atoms with Crippen LogP contribution >= 0.6 is 0 Å². The number of hydrogen-bond donors (Lipinski definition) is 3. The van der Waals surface area contributed by atoms with E-state index < -0.39 is 4.92 Å². The number of nitrogens with zero attached hydrogens (tertiary/aromatic N) is 5. The van der Waals surface area contributed by atoms with Gasteiger partial charge in [-0.2, -0.15) is 10.1 Å². The zero-order valence-corrected chi connectivity index (χ0v) is 11.5. The molecular weight excluding hydrogens is 276 g/mol. The fraction of sp³-hybridized carbons (Fsp3) is 0.364. The molecule has 0 bridgehead atoms. The van der Waals surface area contributed by atoms with Crippen molar-refractivity contribution in [3.8, 4) is 0 Å². The molecular formula is C11H16N8O2. The quantitative estimate of drug-likeness (QED) is 0.293. The Labute approximate surface area is 120 Å². The number of rotatable bonds is 7. The van der Waals surface area contributed by atoms with Gasteiger partial charge in [0.2, 0.25) is 11.8 Å². The first-order chi connectivity index (χ1) is 10.1. The van der Waals surface area contributed by atoms with Gasteiger partial charge in [0.1, 0.15) is 5.69 Å². The van der Waals surface area contributed by atoms with E-state index in [9.17, 15) is 10.1 Å². The molecule has 2 heterocycles. The molecule has 0 amide bonds. The largest absolute Gasteiger partial charge is 0.364 e. The molecule has 10 nitrogen and oxygen atoms in total. The number of aromatic nitrogens is 4. The number of anilines is 2. The highest BCUT2D eigenvalue weighted by molar-refractivity contribution is 5.60. The van der Waals surface area contributed by atoms with Gasteiger partial charge in [-0.25, -0.2) is 10.8 Å². The van der Waals surface area contributed by atoms with Gasteiger partial charge in [0, 0.05) is 25.5 Å². The summed E-state index contributed by atoms with van der Waals surface area (Å²) < 4.78 is 1.79. The minimum Gasteiger partial charge on any atom is -0.364 e. The maximum Gasteiger partial charge on any atom is 0.332 e. The highest BCUT2D eigenvalue weighted by Crippen LogP contribution is 2.26. The standard InChI is InChI=1S/C11H16N8O2/c1-8-9(19(20)21)10(16-11(15-8)17-12)13-4-2-6-18-7-3-5-14-18/h3,5,7H,2,4,6,12H2,1H3,(H2,13,15,16,17). The van der Waals surface area contributed by atoms with Crippen LogP contribution in [0.4, 0.5) is 17.5 Å². The Morgan fingerprint density at radius 1 is 1.48 bits per heavy atom. The zero-order valence-electron chi connectivity index (χ0n) is 11.5. The maximum atomic E-state index is 11.1. The molecule has 0 aliphatic carbocycles. The van der Waals surface area contributed by atoms with Crippen LogP contribution in [-0.2, 0) is 6.54 Å². The van der Waals surface area contributed by atoms with Gasteiger partial charge >= 0.3 is 5.69 Å². The van der Waals surface area contributed by atoms with Crippen LogP contribution in [0.2, 0.25) is 0 Å². The molecule has 2 aromatic rings. The van der Waals surface area contributed by atoms with Gasteiger partial charge in [-0.05, 0) is 19.4 Å². The Morgan fingerprint density at radius 3 is 2.90 bits per heavy atom. The fourth-order valence-electron chi connectivity index (χ4n) is 1.85. The van der Waals surface area contributed by atoms with Crippen molar-refractivity contribution < 1.29 is 4.92 Å². The molecule has 0 saturated heterocycles. The normalized spacial score (nSPS) is 10.4. The van der Waals surface area contributed by atoms with Crippen LogP contribution in [0.5, 0.6) is 0 Å². The molecule has 0 radical (unpaired) electrons. The summed E-state index contributed by atoms with van der Waals surface area (Å²) in [5, 5.41) is 18.1. The van der Waals surface area contributed by atoms with Gasteiger partial charge in [0.25, 0.3) is 0 Å². The molecule has 0 spiro atoms. The molecule has 2 aromatic heterocycles. The third-order valence-electron chi connectivity index (χ3n) is 2.79. The highest BCUT2D eigenvalue weighted by atomic mass is 16.6. The SMILES string of the molecule is Cc1nc(NN)nc(NCCCn2cccn2)c1[N+](=O)[O-]. The van der Waals surface area contributed by atoms with E-state index in [2.05, 4.69) is 25.8 Å². The minimum absolute atomic E-state index is 0.132. The lowest BCUT2D eigenvalue weighted by Gasteiger charge is -2.09. The first kappa shape index (κ1) is 14.7. The molecule has 112 valence electrons. The fourth-order valence-corrected chi connectivity index (χ4v) is 1.85. The number of hydrazine groups is 1. The van der Waals surface area contributed by atoms with Gasteiger partial charge < -0.3 is 5.32 Å². The van der Waals surface area contributed by atoms with Crippen molar-refractivity contribution >= 4 is 17.5 Å². The minimum atomic E-state index is -0.508. The van der Waals surface area contributed by atoms with E-state index in [-0.39, 0.29) is 23.1 Å². The van der Waals surface area contributed by atoms with Crippen LogP contribution < -0.4 is 16.6 Å². The van der Waals surface area contributed by atoms with Crippen molar-refractivity contribution in [2.75, 3.05) is 17.3 Å². The summed E-state index contributed by atoms with van der Waals surface area (Å²) in [7, 11) is 0. The van der Waals surface area contributed by atoms with E-state index in [1.807, 2.05) is 12.3 Å². The van der Waals surface area contributed by atoms with Crippen molar-refractivity contribution in [3.63, 3.8) is 0 Å². The Hall–Kier alpha value is -2.75. The molecule has 10 heteroatoms. The van der Waals surface area contributed by atoms with Crippen molar-refractivity contribution in [1.29, 1.82) is 0 Å². The smallest absolute Gasteiger partial charge is 0.332 e. The van der Waals surface area contributed by atoms with E-state index in [1.165, 1.54) is 6.92 Å². The number of aryl methyl sites for hydroxylation is 2. The third kappa shape index (κ3) is 3.63. The Kier molecular flexibility index (Phi) is 4.61. The number of hydrogen-bond acceptors (Lipinski definition) is 8. The summed E-state index contributed by atoms with van der Waals surface area (Å²) in [4.78, 5) is 18.5. The average Bonchev–Trinajstić information content (AvgIpc) is 2.95. The van der Waals surface area contributed by atoms with Gasteiger partial charge in [-0.15, -0.1) is 0 Å². The van der Waals surface area contributed by atoms with Crippen molar-refractivity contribution in [3.05, 3.63) is 34.3 Å². The molecule has 4 N–H and O–H groups in total. The molecule has 21 heavy (non-hydrogen) atoms. The van der Waals surface area contributed by atoms with Gasteiger partial charge in [-0.1, -0.05) is 0 Å². The summed E-state index contributed by atoms with van der Waals surface area (Å²) in [6.45, 7) is 2.76. The van der Waals surface area contributed by atoms with E-state index in [4.69, 9.17) is 5.84 Å². The summed E-state index contributed by atoms with van der Waals surface area (Å²) in [5.41, 5.74) is 2.39. The lowest BCUT2D eigenvalue weighted by Crippen LogP contribution is -2.15. The summed E-state index contributed by atoms with van der Waals surface area (Å²) in [6, 6.07) is 1.84. The Bertz CT molecular complexity index is 613. The van der Waals surface area contributed by atoms with Crippen LogP contribution in [0.3, 0.4) is 0 Å². The lowest BCUT2D eigenvalue weighted by molar-refractivity contribution is -0.385. The summed E-state index contributed by atoms with van der Waals surface area (Å²) in [5.74, 6) is 5.53. The van der Waals surface area contributed by atoms with E-state index in [1.54, 1.807) is 10.9 Å². The van der Waals surface area contributed by atoms with E-state index in [0.29, 0.717) is 13.1 Å². The van der Waals surface area contributed by atoms with Crippen LogP contribution in [0.15, 0.2) is 18.5 Å². The number of nitrogen functional groups attached to an aromatic ring is 1. The molecule has 0 fully saturated rings. The van der Waals surface area contributed by atoms with Crippen LogP contribution in [0.25, 0.3) is 0 Å². The Balaban J connectivity index is 2.03. The molecule has 0 unspecified atom stereocenters. The van der Waals surface area contributed by atoms with Crippen LogP contribution in [-0.4, -0.2) is 31.2 Å². The molecule has 0 aliphatic heterocycles. The second-order valence-electron chi connectivity index (χ2n) is 4.28. The van der Waals surface area contributed by atoms with Gasteiger partial charge in [0.15, 0.2) is 0 Å². The predicted molar refractivity (Wildman–Crippen MR) is 76.6 cm³/mol. The van der Waals surface area contributed by atoms with E-state index in [0.717, 1.165) is 6.42 Å². The summed E-state index contributed by atoms with van der Waals surface area (Å²) >= 11 is 0. The molecule has 0 aromatic carbocycles. The predicted octanol–water partition coefficient (Wildman–Crippen LogP) is 0.678. The topological polar surface area (TPSA) is 137 Å². The Morgan fingerprint density at radius 2 is 2.29 bits per heavy atom. The van der Waals surface area contributed by atoms with Crippen LogP contribution in [0.1, 0.15) is 12.1 Å². The van der Waals surface area contributed by atoms with Crippen molar-refractivity contribution in [2.45, 2.75) is 19.9 Å². The van der Waals surface area contributed by atoms with Crippen molar-refractivity contribution in [1.82, 2.24) is 19.7 Å². The first-order valence-corrected chi connectivity index (χ1v) is 6.32. The molecule has 0 atom stereocenters. The monoisotopic (exact) mass is 292 g/mol. The molecule has 2 rings (SSSR count). The average molecular weight is 292 g/mol. The zero-order chi connectivity index (χ0) is 15.2. The van der Waals surface area contributed by atoms with Crippen LogP contribution in [0, 0.1) is 17.0 Å². The third-order valence-corrected chi connectivity index (χ3v) is 2.79. The number of nitrogens with two attached hydrogens (primary N) is 1. The second kappa shape index (κ2) is 6.61. The summed E-state index contributed by atoms with van der Waals surface area (Å²) in [6.07, 6.45) is 4.30. The van der Waals surface area contributed by atoms with E-state index >= 15 is 0 Å². The highest BCUT2D eigenvalue weighted by Gasteiger charge is 2.21. The first-order valence-electron chi connectivity index (χ1n) is 6.32.